The van der Waals surface area contributed by atoms with Gasteiger partial charge in [-0.3, -0.25) is 4.79 Å². The van der Waals surface area contributed by atoms with Gasteiger partial charge in [0.1, 0.15) is 4.51 Å². The Morgan fingerprint density at radius 2 is 2.06 bits per heavy atom. The Morgan fingerprint density at radius 1 is 1.47 bits per heavy atom. The summed E-state index contributed by atoms with van der Waals surface area (Å²) >= 11 is 9.47. The van der Waals surface area contributed by atoms with Crippen LogP contribution in [0.4, 0.5) is 5.69 Å². The van der Waals surface area contributed by atoms with Crippen molar-refractivity contribution in [2.24, 2.45) is 0 Å². The van der Waals surface area contributed by atoms with Crippen molar-refractivity contribution in [2.75, 3.05) is 37.8 Å². The zero-order chi connectivity index (χ0) is 13.2. The average molecular weight is 272 g/mol. The van der Waals surface area contributed by atoms with E-state index in [1.165, 1.54) is 0 Å². The van der Waals surface area contributed by atoms with Crippen molar-refractivity contribution in [3.63, 3.8) is 0 Å². The van der Waals surface area contributed by atoms with Gasteiger partial charge in [-0.25, -0.2) is 0 Å². The highest BCUT2D eigenvalue weighted by atomic mass is 32.1. The highest BCUT2D eigenvalue weighted by Gasteiger charge is 2.32. The van der Waals surface area contributed by atoms with Crippen molar-refractivity contribution in [3.8, 4) is 0 Å². The van der Waals surface area contributed by atoms with Crippen LogP contribution in [0.15, 0.2) is 4.79 Å². The van der Waals surface area contributed by atoms with Crippen molar-refractivity contribution in [1.29, 1.82) is 0 Å². The number of anilines is 1. The molecule has 0 unspecified atom stereocenters. The van der Waals surface area contributed by atoms with E-state index in [-0.39, 0.29) is 10.8 Å². The third kappa shape index (κ3) is 2.72. The first-order chi connectivity index (χ1) is 7.86. The molecule has 0 saturated heterocycles. The average Bonchev–Trinajstić information content (AvgIpc) is 2.31. The molecule has 3 nitrogen and oxygen atoms in total. The third-order valence-electron chi connectivity index (χ3n) is 3.04. The van der Waals surface area contributed by atoms with Crippen molar-refractivity contribution in [2.45, 2.75) is 19.3 Å². The van der Waals surface area contributed by atoms with Gasteiger partial charge in [-0.1, -0.05) is 26.1 Å². The van der Waals surface area contributed by atoms with Gasteiger partial charge in [0.2, 0.25) is 5.43 Å². The fourth-order valence-corrected chi connectivity index (χ4v) is 2.36. The van der Waals surface area contributed by atoms with Crippen molar-refractivity contribution >= 4 is 30.5 Å². The molecule has 0 bridgehead atoms. The molecule has 0 heterocycles. The highest BCUT2D eigenvalue weighted by molar-refractivity contribution is 7.80. The van der Waals surface area contributed by atoms with Crippen LogP contribution in [0.3, 0.4) is 0 Å². The lowest BCUT2D eigenvalue weighted by Crippen LogP contribution is -2.39. The maximum Gasteiger partial charge on any atom is 0.204 e. The fourth-order valence-electron chi connectivity index (χ4n) is 1.84. The van der Waals surface area contributed by atoms with E-state index in [0.717, 1.165) is 24.3 Å². The summed E-state index contributed by atoms with van der Waals surface area (Å²) in [6, 6.07) is 0. The Kier molecular flexibility index (Phi) is 4.75. The van der Waals surface area contributed by atoms with Gasteiger partial charge in [0, 0.05) is 31.1 Å². The molecule has 0 atom stereocenters. The van der Waals surface area contributed by atoms with E-state index >= 15 is 0 Å². The second-order valence-electron chi connectivity index (χ2n) is 4.95. The van der Waals surface area contributed by atoms with Crippen LogP contribution in [-0.2, 0) is 5.41 Å². The number of hydrogen-bond donors (Lipinski definition) is 2. The highest BCUT2D eigenvalue weighted by Crippen LogP contribution is 2.33. The number of nitrogens with zero attached hydrogens (tertiary/aromatic N) is 1. The molecule has 0 spiro atoms. The third-order valence-corrected chi connectivity index (χ3v) is 4.21. The first kappa shape index (κ1) is 14.7. The lowest BCUT2D eigenvalue weighted by molar-refractivity contribution is 0.589. The molecule has 0 aliphatic heterocycles. The van der Waals surface area contributed by atoms with Crippen LogP contribution in [0.5, 0.6) is 0 Å². The largest absolute Gasteiger partial charge is 0.372 e. The SMILES string of the molecule is CNCCN(C)c1c(C(C)(C)CS)c(=O)c1=S. The Hall–Kier alpha value is -0.390. The van der Waals surface area contributed by atoms with E-state index in [4.69, 9.17) is 12.2 Å². The number of thiol groups is 1. The molecular weight excluding hydrogens is 252 g/mol. The summed E-state index contributed by atoms with van der Waals surface area (Å²) in [4.78, 5) is 13.9. The lowest BCUT2D eigenvalue weighted by atomic mass is 9.82. The molecule has 1 aromatic carbocycles. The van der Waals surface area contributed by atoms with E-state index in [1.54, 1.807) is 0 Å². The molecule has 17 heavy (non-hydrogen) atoms. The quantitative estimate of drug-likeness (QED) is 0.607. The van der Waals surface area contributed by atoms with Gasteiger partial charge < -0.3 is 10.2 Å². The van der Waals surface area contributed by atoms with Crippen LogP contribution in [0.1, 0.15) is 19.4 Å². The van der Waals surface area contributed by atoms with E-state index in [9.17, 15) is 4.79 Å². The van der Waals surface area contributed by atoms with Crippen molar-refractivity contribution < 1.29 is 0 Å². The van der Waals surface area contributed by atoms with Crippen LogP contribution in [0.25, 0.3) is 0 Å². The first-order valence-corrected chi connectivity index (χ1v) is 6.71. The molecule has 1 aromatic rings. The molecular formula is C12H20N2OS2. The second kappa shape index (κ2) is 5.50. The maximum atomic E-state index is 11.9. The molecule has 0 aliphatic rings. The second-order valence-corrected chi connectivity index (χ2v) is 5.67. The Bertz CT molecular complexity index is 461. The van der Waals surface area contributed by atoms with E-state index in [1.807, 2.05) is 27.9 Å². The molecule has 96 valence electrons. The topological polar surface area (TPSA) is 32.3 Å². The minimum atomic E-state index is -0.217. The predicted molar refractivity (Wildman–Crippen MR) is 80.0 cm³/mol. The minimum Gasteiger partial charge on any atom is -0.372 e. The smallest absolute Gasteiger partial charge is 0.204 e. The normalized spacial score (nSPS) is 12.1. The number of likely N-dealkylation sites (N-methyl/N-ethyl adjacent to an activating group) is 2. The van der Waals surface area contributed by atoms with Crippen LogP contribution >= 0.6 is 24.8 Å². The van der Waals surface area contributed by atoms with Gasteiger partial charge in [0.05, 0.1) is 5.69 Å². The molecule has 0 radical (unpaired) electrons. The van der Waals surface area contributed by atoms with Crippen molar-refractivity contribution in [1.82, 2.24) is 5.32 Å². The molecule has 0 saturated carbocycles. The van der Waals surface area contributed by atoms with E-state index in [2.05, 4.69) is 22.8 Å². The molecule has 1 rings (SSSR count). The maximum absolute atomic E-state index is 11.9. The summed E-state index contributed by atoms with van der Waals surface area (Å²) < 4.78 is 0.466. The Morgan fingerprint density at radius 3 is 2.53 bits per heavy atom. The van der Waals surface area contributed by atoms with Crippen LogP contribution in [-0.4, -0.2) is 32.9 Å². The van der Waals surface area contributed by atoms with Gasteiger partial charge in [-0.05, 0) is 12.8 Å². The number of rotatable bonds is 6. The molecule has 0 amide bonds. The molecule has 1 N–H and O–H groups in total. The minimum absolute atomic E-state index is 0.0188. The summed E-state index contributed by atoms with van der Waals surface area (Å²) in [5, 5.41) is 3.09. The monoisotopic (exact) mass is 272 g/mol. The first-order valence-electron chi connectivity index (χ1n) is 5.67. The number of hydrogen-bond acceptors (Lipinski definition) is 5. The fraction of sp³-hybridized carbons (Fsp3) is 0.667. The Balaban J connectivity index is 3.06. The Labute approximate surface area is 113 Å². The van der Waals surface area contributed by atoms with E-state index in [0.29, 0.717) is 10.3 Å². The molecule has 5 heteroatoms. The van der Waals surface area contributed by atoms with Gasteiger partial charge >= 0.3 is 0 Å². The van der Waals surface area contributed by atoms with Gasteiger partial charge in [-0.2, -0.15) is 12.6 Å². The number of nitrogens with one attached hydrogen (secondary N) is 1. The van der Waals surface area contributed by atoms with Crippen LogP contribution in [0.2, 0.25) is 0 Å². The van der Waals surface area contributed by atoms with Gasteiger partial charge in [-0.15, -0.1) is 0 Å². The zero-order valence-corrected chi connectivity index (χ0v) is 12.5. The summed E-state index contributed by atoms with van der Waals surface area (Å²) in [6.45, 7) is 5.76. The van der Waals surface area contributed by atoms with E-state index < -0.39 is 0 Å². The molecule has 0 aromatic heterocycles. The van der Waals surface area contributed by atoms with Crippen LogP contribution in [0, 0.1) is 4.51 Å². The molecule has 0 fully saturated rings. The predicted octanol–water partition coefficient (Wildman–Crippen LogP) is 1.51. The lowest BCUT2D eigenvalue weighted by Gasteiger charge is -2.32. The zero-order valence-electron chi connectivity index (χ0n) is 10.8. The van der Waals surface area contributed by atoms with Crippen LogP contribution < -0.4 is 15.6 Å². The summed E-state index contributed by atoms with van der Waals surface area (Å²) in [6.07, 6.45) is 0. The van der Waals surface area contributed by atoms with Gasteiger partial charge in [0.15, 0.2) is 0 Å². The van der Waals surface area contributed by atoms with Gasteiger partial charge in [0.25, 0.3) is 0 Å². The standard InChI is InChI=1S/C12H20N2OS2/c1-12(2,7-16)8-9(11(17)10(8)15)14(4)6-5-13-3/h13,16H,5-7H2,1-4H3. The van der Waals surface area contributed by atoms with Crippen molar-refractivity contribution in [3.05, 3.63) is 20.3 Å². The molecule has 0 aliphatic carbocycles. The summed E-state index contributed by atoms with van der Waals surface area (Å²) in [5.74, 6) is 0.639. The summed E-state index contributed by atoms with van der Waals surface area (Å²) in [5.41, 5.74) is 1.56. The summed E-state index contributed by atoms with van der Waals surface area (Å²) in [7, 11) is 3.88.